The molecular weight excluding hydrogens is 240 g/mol. The van der Waals surface area contributed by atoms with E-state index in [1.165, 1.54) is 6.07 Å². The zero-order valence-electron chi connectivity index (χ0n) is 9.04. The number of H-pyrrole nitrogens is 1. The Hall–Kier alpha value is -2.48. The summed E-state index contributed by atoms with van der Waals surface area (Å²) < 4.78 is 35.0. The minimum Gasteiger partial charge on any atom is -0.395 e. The predicted octanol–water partition coefficient (Wildman–Crippen LogP) is 2.98. The number of hydrogen-bond donors (Lipinski definition) is 1. The molecule has 1 aliphatic heterocycles. The first-order valence-electron chi connectivity index (χ1n) is 5.13. The van der Waals surface area contributed by atoms with Crippen LogP contribution in [0.25, 0.3) is 11.1 Å². The van der Waals surface area contributed by atoms with Gasteiger partial charge in [0.05, 0.1) is 0 Å². The molecular formula is C13H7F2NO2. The Kier molecular flexibility index (Phi) is 2.08. The molecule has 1 aromatic carbocycles. The van der Waals surface area contributed by atoms with Gasteiger partial charge in [0.15, 0.2) is 11.5 Å². The standard InChI is InChI=1S/C13H7F2NO2/c1-2-8-6-16-7-10(8)9-4-3-5-11-12(9)18-13(14,15)17-11/h1,3-7,16H. The lowest BCUT2D eigenvalue weighted by Crippen LogP contribution is -2.26. The van der Waals surface area contributed by atoms with E-state index in [0.29, 0.717) is 16.7 Å². The maximum atomic E-state index is 13.0. The summed E-state index contributed by atoms with van der Waals surface area (Å²) in [6.07, 6.45) is 4.95. The number of halogens is 2. The van der Waals surface area contributed by atoms with Crippen molar-refractivity contribution in [1.82, 2.24) is 4.98 Å². The maximum absolute atomic E-state index is 13.0. The number of nitrogens with one attached hydrogen (secondary N) is 1. The van der Waals surface area contributed by atoms with Gasteiger partial charge in [-0.05, 0) is 6.07 Å². The van der Waals surface area contributed by atoms with Crippen molar-refractivity contribution in [2.24, 2.45) is 0 Å². The minimum atomic E-state index is -3.63. The number of rotatable bonds is 1. The van der Waals surface area contributed by atoms with Crippen LogP contribution in [0.2, 0.25) is 0 Å². The highest BCUT2D eigenvalue weighted by Crippen LogP contribution is 2.47. The van der Waals surface area contributed by atoms with E-state index >= 15 is 0 Å². The monoisotopic (exact) mass is 247 g/mol. The Bertz CT molecular complexity index is 655. The molecule has 0 saturated carbocycles. The van der Waals surface area contributed by atoms with Gasteiger partial charge in [0, 0.05) is 29.1 Å². The Labute approximate surface area is 101 Å². The number of aromatic amines is 1. The van der Waals surface area contributed by atoms with Gasteiger partial charge in [-0.25, -0.2) is 0 Å². The molecule has 0 unspecified atom stereocenters. The summed E-state index contributed by atoms with van der Waals surface area (Å²) >= 11 is 0. The van der Waals surface area contributed by atoms with Crippen molar-refractivity contribution >= 4 is 0 Å². The molecule has 1 aliphatic rings. The van der Waals surface area contributed by atoms with Crippen LogP contribution in [0.4, 0.5) is 8.78 Å². The highest BCUT2D eigenvalue weighted by Gasteiger charge is 2.44. The SMILES string of the molecule is C#Cc1c[nH]cc1-c1cccc2c1OC(F)(F)O2. The van der Waals surface area contributed by atoms with Crippen molar-refractivity contribution in [3.63, 3.8) is 0 Å². The van der Waals surface area contributed by atoms with E-state index < -0.39 is 6.29 Å². The number of hydrogen-bond acceptors (Lipinski definition) is 2. The van der Waals surface area contributed by atoms with Gasteiger partial charge in [0.2, 0.25) is 0 Å². The zero-order valence-corrected chi connectivity index (χ0v) is 9.04. The topological polar surface area (TPSA) is 34.2 Å². The van der Waals surface area contributed by atoms with Crippen LogP contribution >= 0.6 is 0 Å². The van der Waals surface area contributed by atoms with Crippen LogP contribution < -0.4 is 9.47 Å². The van der Waals surface area contributed by atoms with Crippen molar-refractivity contribution in [1.29, 1.82) is 0 Å². The van der Waals surface area contributed by atoms with Gasteiger partial charge in [0.1, 0.15) is 0 Å². The van der Waals surface area contributed by atoms with E-state index in [-0.39, 0.29) is 11.5 Å². The smallest absolute Gasteiger partial charge is 0.395 e. The molecule has 1 aromatic heterocycles. The number of terminal acetylenes is 1. The molecule has 0 saturated heterocycles. The lowest BCUT2D eigenvalue weighted by atomic mass is 10.0. The fourth-order valence-electron chi connectivity index (χ4n) is 1.89. The number of fused-ring (bicyclic) bond motifs is 1. The fraction of sp³-hybridized carbons (Fsp3) is 0.0769. The van der Waals surface area contributed by atoms with E-state index in [2.05, 4.69) is 20.4 Å². The number of benzene rings is 1. The molecule has 0 spiro atoms. The molecule has 1 N–H and O–H groups in total. The highest BCUT2D eigenvalue weighted by atomic mass is 19.3. The molecule has 2 heterocycles. The third kappa shape index (κ3) is 1.51. The lowest BCUT2D eigenvalue weighted by Gasteiger charge is -2.06. The Balaban J connectivity index is 2.17. The van der Waals surface area contributed by atoms with Gasteiger partial charge in [-0.3, -0.25) is 0 Å². The summed E-state index contributed by atoms with van der Waals surface area (Å²) in [7, 11) is 0. The molecule has 0 aliphatic carbocycles. The van der Waals surface area contributed by atoms with Crippen molar-refractivity contribution < 1.29 is 18.3 Å². The molecule has 0 amide bonds. The van der Waals surface area contributed by atoms with Gasteiger partial charge in [0.25, 0.3) is 0 Å². The van der Waals surface area contributed by atoms with Crippen LogP contribution in [0.15, 0.2) is 30.6 Å². The molecule has 0 fully saturated rings. The first kappa shape index (κ1) is 10.7. The molecule has 5 heteroatoms. The van der Waals surface area contributed by atoms with Crippen LogP contribution in [0.3, 0.4) is 0 Å². The lowest BCUT2D eigenvalue weighted by molar-refractivity contribution is -0.286. The molecule has 18 heavy (non-hydrogen) atoms. The van der Waals surface area contributed by atoms with Crippen LogP contribution in [-0.4, -0.2) is 11.3 Å². The van der Waals surface area contributed by atoms with E-state index in [1.807, 2.05) is 0 Å². The number of ether oxygens (including phenoxy) is 2. The van der Waals surface area contributed by atoms with Crippen molar-refractivity contribution in [3.05, 3.63) is 36.2 Å². The molecule has 0 bridgehead atoms. The Morgan fingerprint density at radius 2 is 2.00 bits per heavy atom. The van der Waals surface area contributed by atoms with Gasteiger partial charge in [-0.15, -0.1) is 15.2 Å². The van der Waals surface area contributed by atoms with Gasteiger partial charge in [-0.2, -0.15) is 0 Å². The quantitative estimate of drug-likeness (QED) is 0.786. The number of alkyl halides is 2. The first-order valence-corrected chi connectivity index (χ1v) is 5.13. The Morgan fingerprint density at radius 3 is 2.78 bits per heavy atom. The summed E-state index contributed by atoms with van der Waals surface area (Å²) in [5, 5.41) is 0. The first-order chi connectivity index (χ1) is 8.61. The highest BCUT2D eigenvalue weighted by molar-refractivity contribution is 5.78. The molecule has 0 radical (unpaired) electrons. The molecule has 0 atom stereocenters. The molecule has 90 valence electrons. The van der Waals surface area contributed by atoms with Crippen LogP contribution in [0, 0.1) is 12.3 Å². The van der Waals surface area contributed by atoms with Crippen LogP contribution in [0.1, 0.15) is 5.56 Å². The molecule has 3 rings (SSSR count). The van der Waals surface area contributed by atoms with Crippen LogP contribution in [0.5, 0.6) is 11.5 Å². The second-order valence-corrected chi connectivity index (χ2v) is 3.73. The van der Waals surface area contributed by atoms with Crippen molar-refractivity contribution in [2.45, 2.75) is 6.29 Å². The van der Waals surface area contributed by atoms with Gasteiger partial charge < -0.3 is 14.5 Å². The minimum absolute atomic E-state index is 0.00130. The fourth-order valence-corrected chi connectivity index (χ4v) is 1.89. The molecule has 2 aromatic rings. The number of para-hydroxylation sites is 1. The molecule has 3 nitrogen and oxygen atoms in total. The predicted molar refractivity (Wildman–Crippen MR) is 60.4 cm³/mol. The second kappa shape index (κ2) is 3.50. The third-order valence-electron chi connectivity index (χ3n) is 2.62. The summed E-state index contributed by atoms with van der Waals surface area (Å²) in [6.45, 7) is 0. The van der Waals surface area contributed by atoms with E-state index in [1.54, 1.807) is 24.5 Å². The van der Waals surface area contributed by atoms with Crippen molar-refractivity contribution in [2.75, 3.05) is 0 Å². The summed E-state index contributed by atoms with van der Waals surface area (Å²) in [6, 6.07) is 4.67. The van der Waals surface area contributed by atoms with E-state index in [9.17, 15) is 8.78 Å². The van der Waals surface area contributed by atoms with Gasteiger partial charge in [-0.1, -0.05) is 18.1 Å². The second-order valence-electron chi connectivity index (χ2n) is 3.73. The van der Waals surface area contributed by atoms with Crippen molar-refractivity contribution in [3.8, 4) is 35.0 Å². The maximum Gasteiger partial charge on any atom is 0.586 e. The van der Waals surface area contributed by atoms with Gasteiger partial charge >= 0.3 is 6.29 Å². The van der Waals surface area contributed by atoms with E-state index in [4.69, 9.17) is 6.42 Å². The largest absolute Gasteiger partial charge is 0.586 e. The third-order valence-corrected chi connectivity index (χ3v) is 2.62. The average molecular weight is 247 g/mol. The summed E-state index contributed by atoms with van der Waals surface area (Å²) in [4.78, 5) is 2.83. The zero-order chi connectivity index (χ0) is 12.8. The van der Waals surface area contributed by atoms with Crippen LogP contribution in [-0.2, 0) is 0 Å². The normalized spacial score (nSPS) is 15.4. The summed E-state index contributed by atoms with van der Waals surface area (Å²) in [5.74, 6) is 2.47. The summed E-state index contributed by atoms with van der Waals surface area (Å²) in [5.41, 5.74) is 1.66. The van der Waals surface area contributed by atoms with E-state index in [0.717, 1.165) is 0 Å². The number of aromatic nitrogens is 1. The Morgan fingerprint density at radius 1 is 1.17 bits per heavy atom. The average Bonchev–Trinajstić information content (AvgIpc) is 2.89.